The summed E-state index contributed by atoms with van der Waals surface area (Å²) in [6.07, 6.45) is 3.40. The molecule has 0 aliphatic heterocycles. The summed E-state index contributed by atoms with van der Waals surface area (Å²) >= 11 is 0. The van der Waals surface area contributed by atoms with Gasteiger partial charge in [-0.3, -0.25) is 9.78 Å². The molecule has 0 bridgehead atoms. The van der Waals surface area contributed by atoms with Crippen molar-refractivity contribution in [2.75, 3.05) is 18.4 Å². The Morgan fingerprint density at radius 3 is 2.82 bits per heavy atom. The van der Waals surface area contributed by atoms with Crippen LogP contribution in [0.5, 0.6) is 0 Å². The predicted molar refractivity (Wildman–Crippen MR) is 90.1 cm³/mol. The van der Waals surface area contributed by atoms with Crippen LogP contribution in [0, 0.1) is 12.8 Å². The lowest BCUT2D eigenvalue weighted by Crippen LogP contribution is -2.31. The van der Waals surface area contributed by atoms with E-state index in [1.54, 1.807) is 0 Å². The fourth-order valence-electron chi connectivity index (χ4n) is 2.82. The van der Waals surface area contributed by atoms with Crippen molar-refractivity contribution < 1.29 is 4.79 Å². The Bertz CT molecular complexity index is 692. The number of aryl methyl sites for hydroxylation is 1. The van der Waals surface area contributed by atoms with E-state index in [-0.39, 0.29) is 5.91 Å². The molecule has 2 aromatic rings. The Morgan fingerprint density at radius 1 is 1.32 bits per heavy atom. The van der Waals surface area contributed by atoms with E-state index in [0.717, 1.165) is 35.2 Å². The van der Waals surface area contributed by atoms with Gasteiger partial charge in [-0.15, -0.1) is 0 Å². The zero-order valence-electron chi connectivity index (χ0n) is 13.3. The second-order valence-electron chi connectivity index (χ2n) is 6.02. The van der Waals surface area contributed by atoms with Crippen LogP contribution in [0.1, 0.15) is 31.0 Å². The first-order valence-corrected chi connectivity index (χ1v) is 8.07. The van der Waals surface area contributed by atoms with Crippen molar-refractivity contribution >= 4 is 22.5 Å². The highest BCUT2D eigenvalue weighted by Crippen LogP contribution is 2.29. The summed E-state index contributed by atoms with van der Waals surface area (Å²) in [4.78, 5) is 16.6. The van der Waals surface area contributed by atoms with Crippen molar-refractivity contribution in [1.82, 2.24) is 10.3 Å². The number of pyridine rings is 1. The van der Waals surface area contributed by atoms with Crippen LogP contribution in [0.3, 0.4) is 0 Å². The number of nitrogens with one attached hydrogen (secondary N) is 2. The third-order valence-corrected chi connectivity index (χ3v) is 4.26. The number of carbonyl (C=O) groups is 1. The molecule has 1 aliphatic rings. The van der Waals surface area contributed by atoms with E-state index in [4.69, 9.17) is 0 Å². The molecular formula is C18H23N3O. The highest BCUT2D eigenvalue weighted by atomic mass is 16.1. The summed E-state index contributed by atoms with van der Waals surface area (Å²) in [6.45, 7) is 5.28. The number of benzene rings is 1. The molecule has 1 heterocycles. The predicted octanol–water partition coefficient (Wildman–Crippen LogP) is 3.04. The van der Waals surface area contributed by atoms with Crippen molar-refractivity contribution in [2.24, 2.45) is 5.92 Å². The molecule has 4 heteroatoms. The maximum atomic E-state index is 12.0. The van der Waals surface area contributed by atoms with Crippen molar-refractivity contribution in [3.05, 3.63) is 35.5 Å². The largest absolute Gasteiger partial charge is 0.375 e. The monoisotopic (exact) mass is 297 g/mol. The molecular weight excluding hydrogens is 274 g/mol. The number of carbonyl (C=O) groups excluding carboxylic acids is 1. The van der Waals surface area contributed by atoms with Crippen molar-refractivity contribution in [3.8, 4) is 0 Å². The highest BCUT2D eigenvalue weighted by Gasteiger charge is 2.21. The topological polar surface area (TPSA) is 54.0 Å². The number of rotatable bonds is 6. The minimum absolute atomic E-state index is 0.0625. The van der Waals surface area contributed by atoms with Gasteiger partial charge in [0.2, 0.25) is 5.91 Å². The van der Waals surface area contributed by atoms with Crippen LogP contribution < -0.4 is 10.6 Å². The number of fused-ring (bicyclic) bond motifs is 1. The Kier molecular flexibility index (Phi) is 4.27. The number of nitrogens with zero attached hydrogens (tertiary/aromatic N) is 1. The van der Waals surface area contributed by atoms with E-state index in [1.165, 1.54) is 18.4 Å². The number of hydrogen-bond acceptors (Lipinski definition) is 3. The van der Waals surface area contributed by atoms with Gasteiger partial charge in [0.25, 0.3) is 0 Å². The van der Waals surface area contributed by atoms with Crippen LogP contribution in [-0.4, -0.2) is 24.0 Å². The Hall–Kier alpha value is -2.10. The molecule has 0 atom stereocenters. The van der Waals surface area contributed by atoms with E-state index in [0.29, 0.717) is 12.5 Å². The number of anilines is 1. The molecule has 0 spiro atoms. The standard InChI is InChI=1S/C18H23N3O/c1-3-14-12(2)21-16-7-5-4-6-15(16)18(14)20-11-17(22)19-10-13-8-9-13/h4-7,13H,3,8-11H2,1-2H3,(H,19,22)(H,20,21). The lowest BCUT2D eigenvalue weighted by Gasteiger charge is -2.16. The van der Waals surface area contributed by atoms with E-state index in [2.05, 4.69) is 28.6 Å². The van der Waals surface area contributed by atoms with Gasteiger partial charge in [-0.05, 0) is 43.7 Å². The molecule has 1 aromatic carbocycles. The van der Waals surface area contributed by atoms with Gasteiger partial charge in [-0.2, -0.15) is 0 Å². The van der Waals surface area contributed by atoms with Crippen molar-refractivity contribution in [3.63, 3.8) is 0 Å². The molecule has 1 aromatic heterocycles. The van der Waals surface area contributed by atoms with Gasteiger partial charge in [0.05, 0.1) is 12.1 Å². The zero-order valence-corrected chi connectivity index (χ0v) is 13.3. The fraction of sp³-hybridized carbons (Fsp3) is 0.444. The summed E-state index contributed by atoms with van der Waals surface area (Å²) in [5, 5.41) is 7.42. The van der Waals surface area contributed by atoms with E-state index in [9.17, 15) is 4.79 Å². The van der Waals surface area contributed by atoms with Crippen LogP contribution in [0.15, 0.2) is 24.3 Å². The van der Waals surface area contributed by atoms with Gasteiger partial charge in [-0.25, -0.2) is 0 Å². The first kappa shape index (κ1) is 14.8. The first-order chi connectivity index (χ1) is 10.7. The maximum absolute atomic E-state index is 12.0. The van der Waals surface area contributed by atoms with Crippen LogP contribution >= 0.6 is 0 Å². The lowest BCUT2D eigenvalue weighted by molar-refractivity contribution is -0.119. The Morgan fingerprint density at radius 2 is 2.09 bits per heavy atom. The maximum Gasteiger partial charge on any atom is 0.239 e. The van der Waals surface area contributed by atoms with Crippen molar-refractivity contribution in [2.45, 2.75) is 33.1 Å². The molecule has 1 saturated carbocycles. The molecule has 1 amide bonds. The summed E-state index contributed by atoms with van der Waals surface area (Å²) < 4.78 is 0. The van der Waals surface area contributed by atoms with Crippen LogP contribution in [0.4, 0.5) is 5.69 Å². The van der Waals surface area contributed by atoms with Gasteiger partial charge in [0, 0.05) is 23.3 Å². The zero-order chi connectivity index (χ0) is 15.5. The minimum Gasteiger partial charge on any atom is -0.375 e. The van der Waals surface area contributed by atoms with Crippen LogP contribution in [-0.2, 0) is 11.2 Å². The minimum atomic E-state index is 0.0625. The number of amides is 1. The van der Waals surface area contributed by atoms with Gasteiger partial charge < -0.3 is 10.6 Å². The molecule has 2 N–H and O–H groups in total. The van der Waals surface area contributed by atoms with E-state index < -0.39 is 0 Å². The molecule has 22 heavy (non-hydrogen) atoms. The third kappa shape index (κ3) is 3.21. The molecule has 3 rings (SSSR count). The van der Waals surface area contributed by atoms with E-state index in [1.807, 2.05) is 25.1 Å². The molecule has 1 aliphatic carbocycles. The first-order valence-electron chi connectivity index (χ1n) is 8.07. The lowest BCUT2D eigenvalue weighted by atomic mass is 10.0. The molecule has 1 fully saturated rings. The number of hydrogen-bond donors (Lipinski definition) is 2. The van der Waals surface area contributed by atoms with Gasteiger partial charge in [-0.1, -0.05) is 25.1 Å². The summed E-state index contributed by atoms with van der Waals surface area (Å²) in [5.41, 5.74) is 4.24. The third-order valence-electron chi connectivity index (χ3n) is 4.26. The number of aromatic nitrogens is 1. The molecule has 0 unspecified atom stereocenters. The van der Waals surface area contributed by atoms with Crippen LogP contribution in [0.25, 0.3) is 10.9 Å². The average molecular weight is 297 g/mol. The van der Waals surface area contributed by atoms with Crippen molar-refractivity contribution in [1.29, 1.82) is 0 Å². The number of para-hydroxylation sites is 1. The fourth-order valence-corrected chi connectivity index (χ4v) is 2.82. The van der Waals surface area contributed by atoms with E-state index >= 15 is 0 Å². The Balaban J connectivity index is 1.79. The molecule has 4 nitrogen and oxygen atoms in total. The second kappa shape index (κ2) is 6.34. The SMILES string of the molecule is CCc1c(C)nc2ccccc2c1NCC(=O)NCC1CC1. The summed E-state index contributed by atoms with van der Waals surface area (Å²) in [5.74, 6) is 0.770. The van der Waals surface area contributed by atoms with Gasteiger partial charge >= 0.3 is 0 Å². The normalized spacial score (nSPS) is 14.1. The van der Waals surface area contributed by atoms with Crippen LogP contribution in [0.2, 0.25) is 0 Å². The molecule has 116 valence electrons. The molecule has 0 radical (unpaired) electrons. The quantitative estimate of drug-likeness (QED) is 0.861. The smallest absolute Gasteiger partial charge is 0.239 e. The van der Waals surface area contributed by atoms with Gasteiger partial charge in [0.1, 0.15) is 0 Å². The average Bonchev–Trinajstić information content (AvgIpc) is 3.34. The van der Waals surface area contributed by atoms with Gasteiger partial charge in [0.15, 0.2) is 0 Å². The second-order valence-corrected chi connectivity index (χ2v) is 6.02. The summed E-state index contributed by atoms with van der Waals surface area (Å²) in [6, 6.07) is 8.08. The Labute approximate surface area is 131 Å². The highest BCUT2D eigenvalue weighted by molar-refractivity contribution is 5.95. The summed E-state index contributed by atoms with van der Waals surface area (Å²) in [7, 11) is 0. The molecule has 0 saturated heterocycles.